The Kier molecular flexibility index (Phi) is 6.75. The van der Waals surface area contributed by atoms with Crippen molar-refractivity contribution in [1.29, 1.82) is 0 Å². The topological polar surface area (TPSA) is 64.6 Å². The van der Waals surface area contributed by atoms with Crippen molar-refractivity contribution >= 4 is 46.7 Å². The number of ether oxygens (including phenoxy) is 2. The number of alkyl halides is 3. The first-order valence-electron chi connectivity index (χ1n) is 7.50. The molecule has 0 unspecified atom stereocenters. The van der Waals surface area contributed by atoms with Gasteiger partial charge in [0.25, 0.3) is 5.91 Å². The van der Waals surface area contributed by atoms with Gasteiger partial charge in [-0.2, -0.15) is 0 Å². The van der Waals surface area contributed by atoms with Gasteiger partial charge >= 0.3 is 5.97 Å². The average Bonchev–Trinajstić information content (AvgIpc) is 2.59. The van der Waals surface area contributed by atoms with Gasteiger partial charge in [-0.15, -0.1) is 0 Å². The van der Waals surface area contributed by atoms with Crippen LogP contribution in [0, 0.1) is 6.92 Å². The number of hydrogen-bond donors (Lipinski definition) is 1. The van der Waals surface area contributed by atoms with E-state index in [1.54, 1.807) is 36.4 Å². The number of esters is 1. The highest BCUT2D eigenvalue weighted by molar-refractivity contribution is 6.68. The predicted octanol–water partition coefficient (Wildman–Crippen LogP) is 4.29. The van der Waals surface area contributed by atoms with Crippen LogP contribution in [-0.2, 0) is 4.74 Å². The zero-order valence-electron chi connectivity index (χ0n) is 14.0. The van der Waals surface area contributed by atoms with E-state index in [1.165, 1.54) is 13.2 Å². The van der Waals surface area contributed by atoms with E-state index in [-0.39, 0.29) is 11.3 Å². The molecule has 8 heteroatoms. The van der Waals surface area contributed by atoms with Crippen molar-refractivity contribution in [3.63, 3.8) is 0 Å². The number of methoxy groups -OCH3 is 1. The maximum Gasteiger partial charge on any atom is 0.337 e. The molecule has 0 spiro atoms. The average molecular weight is 417 g/mol. The van der Waals surface area contributed by atoms with Crippen LogP contribution in [-0.4, -0.2) is 29.0 Å². The second-order valence-electron chi connectivity index (χ2n) is 5.40. The second-order valence-corrected chi connectivity index (χ2v) is 7.77. The van der Waals surface area contributed by atoms with E-state index in [0.29, 0.717) is 5.56 Å². The van der Waals surface area contributed by atoms with E-state index in [4.69, 9.17) is 39.5 Å². The fraction of sp³-hybridized carbons (Fsp3) is 0.222. The third kappa shape index (κ3) is 5.53. The minimum Gasteiger partial charge on any atom is -0.466 e. The fourth-order valence-electron chi connectivity index (χ4n) is 2.12. The van der Waals surface area contributed by atoms with Crippen molar-refractivity contribution in [2.75, 3.05) is 7.11 Å². The van der Waals surface area contributed by atoms with Gasteiger partial charge in [0.15, 0.2) is 0 Å². The van der Waals surface area contributed by atoms with Crippen molar-refractivity contribution in [3.8, 4) is 5.75 Å². The normalized spacial score (nSPS) is 12.2. The number of nitrogens with one attached hydrogen (secondary N) is 1. The zero-order chi connectivity index (χ0) is 19.3. The summed E-state index contributed by atoms with van der Waals surface area (Å²) in [7, 11) is 1.27. The third-order valence-electron chi connectivity index (χ3n) is 3.35. The summed E-state index contributed by atoms with van der Waals surface area (Å²) in [6.07, 6.45) is -1.28. The Morgan fingerprint density at radius 3 is 2.31 bits per heavy atom. The smallest absolute Gasteiger partial charge is 0.337 e. The van der Waals surface area contributed by atoms with Crippen LogP contribution in [0.1, 0.15) is 26.3 Å². The number of carbonyl (C=O) groups is 2. The van der Waals surface area contributed by atoms with Gasteiger partial charge < -0.3 is 14.8 Å². The molecule has 0 aliphatic rings. The Bertz CT molecular complexity index is 805. The fourth-order valence-corrected chi connectivity index (χ4v) is 2.41. The molecule has 0 saturated carbocycles. The summed E-state index contributed by atoms with van der Waals surface area (Å²) in [6, 6.07) is 13.1. The quantitative estimate of drug-likeness (QED) is 0.449. The summed E-state index contributed by atoms with van der Waals surface area (Å²) in [5, 5.41) is 2.54. The third-order valence-corrected chi connectivity index (χ3v) is 3.94. The molecule has 0 aliphatic heterocycles. The Labute approximate surface area is 166 Å². The molecule has 0 heterocycles. The Morgan fingerprint density at radius 1 is 1.04 bits per heavy atom. The molecule has 5 nitrogen and oxygen atoms in total. The molecule has 0 aliphatic carbocycles. The first kappa shape index (κ1) is 20.4. The molecule has 0 saturated heterocycles. The molecule has 0 aromatic heterocycles. The summed E-state index contributed by atoms with van der Waals surface area (Å²) >= 11 is 17.8. The maximum absolute atomic E-state index is 12.4. The van der Waals surface area contributed by atoms with Crippen LogP contribution in [0.4, 0.5) is 0 Å². The molecule has 0 fully saturated rings. The van der Waals surface area contributed by atoms with Crippen LogP contribution in [0.25, 0.3) is 0 Å². The van der Waals surface area contributed by atoms with E-state index in [9.17, 15) is 9.59 Å². The van der Waals surface area contributed by atoms with Crippen LogP contribution in [0.2, 0.25) is 0 Å². The SMILES string of the molecule is COC(=O)c1cccc(O[C@@H](NC(=O)c2cccc(C)c2)C(Cl)(Cl)Cl)c1. The summed E-state index contributed by atoms with van der Waals surface area (Å²) < 4.78 is 8.31. The summed E-state index contributed by atoms with van der Waals surface area (Å²) in [5.41, 5.74) is 1.57. The molecular weight excluding hydrogens is 401 g/mol. The molecule has 1 amide bonds. The molecule has 1 atom stereocenters. The summed E-state index contributed by atoms with van der Waals surface area (Å²) in [6.45, 7) is 1.86. The van der Waals surface area contributed by atoms with Gasteiger partial charge in [0.05, 0.1) is 12.7 Å². The summed E-state index contributed by atoms with van der Waals surface area (Å²) in [4.78, 5) is 24.0. The Balaban J connectivity index is 2.21. The van der Waals surface area contributed by atoms with Crippen LogP contribution < -0.4 is 10.1 Å². The number of halogens is 3. The van der Waals surface area contributed by atoms with E-state index in [2.05, 4.69) is 10.1 Å². The van der Waals surface area contributed by atoms with Crippen LogP contribution >= 0.6 is 34.8 Å². The van der Waals surface area contributed by atoms with Crippen LogP contribution in [0.5, 0.6) is 5.75 Å². The molecule has 2 rings (SSSR count). The lowest BCUT2D eigenvalue weighted by atomic mass is 10.1. The summed E-state index contributed by atoms with van der Waals surface area (Å²) in [5.74, 6) is -0.771. The minimum absolute atomic E-state index is 0.230. The van der Waals surface area contributed by atoms with Gasteiger partial charge in [0.1, 0.15) is 5.75 Å². The lowest BCUT2D eigenvalue weighted by molar-refractivity contribution is 0.0598. The second kappa shape index (κ2) is 8.62. The number of carbonyl (C=O) groups excluding carboxylic acids is 2. The zero-order valence-corrected chi connectivity index (χ0v) is 16.2. The highest BCUT2D eigenvalue weighted by atomic mass is 35.6. The highest BCUT2D eigenvalue weighted by Crippen LogP contribution is 2.32. The van der Waals surface area contributed by atoms with Gasteiger partial charge in [0.2, 0.25) is 10.0 Å². The van der Waals surface area contributed by atoms with Gasteiger partial charge in [0, 0.05) is 5.56 Å². The first-order valence-corrected chi connectivity index (χ1v) is 8.63. The molecule has 0 radical (unpaired) electrons. The monoisotopic (exact) mass is 415 g/mol. The van der Waals surface area contributed by atoms with Gasteiger partial charge in [-0.1, -0.05) is 58.6 Å². The Morgan fingerprint density at radius 2 is 1.69 bits per heavy atom. The van der Waals surface area contributed by atoms with E-state index in [1.807, 2.05) is 13.0 Å². The molecule has 26 heavy (non-hydrogen) atoms. The van der Waals surface area contributed by atoms with Crippen molar-refractivity contribution in [1.82, 2.24) is 5.32 Å². The van der Waals surface area contributed by atoms with Crippen LogP contribution in [0.15, 0.2) is 48.5 Å². The van der Waals surface area contributed by atoms with Gasteiger partial charge in [-0.3, -0.25) is 4.79 Å². The molecule has 2 aromatic rings. The lowest BCUT2D eigenvalue weighted by Gasteiger charge is -2.26. The van der Waals surface area contributed by atoms with E-state index < -0.39 is 21.9 Å². The van der Waals surface area contributed by atoms with Crippen LogP contribution in [0.3, 0.4) is 0 Å². The molecule has 1 N–H and O–H groups in total. The van der Waals surface area contributed by atoms with E-state index in [0.717, 1.165) is 5.56 Å². The standard InChI is InChI=1S/C18H16Cl3NO4/c1-11-5-3-6-12(9-11)15(23)22-17(18(19,20)21)26-14-8-4-7-13(10-14)16(24)25-2/h3-10,17H,1-2H3,(H,22,23)/t17-/m1/s1. The van der Waals surface area contributed by atoms with Crippen molar-refractivity contribution < 1.29 is 19.1 Å². The number of aryl methyl sites for hydroxylation is 1. The number of amides is 1. The molecule has 0 bridgehead atoms. The highest BCUT2D eigenvalue weighted by Gasteiger charge is 2.36. The van der Waals surface area contributed by atoms with Gasteiger partial charge in [-0.25, -0.2) is 4.79 Å². The van der Waals surface area contributed by atoms with Crippen molar-refractivity contribution in [2.45, 2.75) is 16.9 Å². The van der Waals surface area contributed by atoms with Gasteiger partial charge in [-0.05, 0) is 37.3 Å². The molecule has 2 aromatic carbocycles. The van der Waals surface area contributed by atoms with Crippen molar-refractivity contribution in [3.05, 3.63) is 65.2 Å². The predicted molar refractivity (Wildman–Crippen MR) is 101 cm³/mol. The minimum atomic E-state index is -1.94. The largest absolute Gasteiger partial charge is 0.466 e. The lowest BCUT2D eigenvalue weighted by Crippen LogP contribution is -2.47. The number of rotatable bonds is 5. The number of hydrogen-bond acceptors (Lipinski definition) is 4. The number of benzene rings is 2. The molecular formula is C18H16Cl3NO4. The first-order chi connectivity index (χ1) is 12.2. The van der Waals surface area contributed by atoms with Crippen molar-refractivity contribution in [2.24, 2.45) is 0 Å². The maximum atomic E-state index is 12.4. The molecule has 138 valence electrons. The van der Waals surface area contributed by atoms with E-state index >= 15 is 0 Å². The Hall–Kier alpha value is -1.95.